The van der Waals surface area contributed by atoms with E-state index in [1.807, 2.05) is 45.0 Å². The van der Waals surface area contributed by atoms with Gasteiger partial charge in [-0.25, -0.2) is 4.79 Å². The van der Waals surface area contributed by atoms with Crippen molar-refractivity contribution in [2.24, 2.45) is 0 Å². The summed E-state index contributed by atoms with van der Waals surface area (Å²) in [5.74, 6) is -0.185. The zero-order valence-corrected chi connectivity index (χ0v) is 17.2. The van der Waals surface area contributed by atoms with Gasteiger partial charge >= 0.3 is 6.03 Å². The highest BCUT2D eigenvalue weighted by atomic mass is 35.5. The molecule has 27 heavy (non-hydrogen) atoms. The Labute approximate surface area is 168 Å². The van der Waals surface area contributed by atoms with E-state index in [-0.39, 0.29) is 11.0 Å². The molecule has 0 aliphatic rings. The summed E-state index contributed by atoms with van der Waals surface area (Å²) in [6.07, 6.45) is 0. The summed E-state index contributed by atoms with van der Waals surface area (Å²) in [7, 11) is 0. The average Bonchev–Trinajstić information content (AvgIpc) is 3.16. The van der Waals surface area contributed by atoms with E-state index in [0.717, 1.165) is 21.8 Å². The molecule has 0 saturated carbocycles. The van der Waals surface area contributed by atoms with Gasteiger partial charge in [-0.2, -0.15) is 0 Å². The van der Waals surface area contributed by atoms with E-state index in [0.29, 0.717) is 15.8 Å². The van der Waals surface area contributed by atoms with Crippen LogP contribution >= 0.6 is 34.7 Å². The first-order valence-electron chi connectivity index (χ1n) is 7.98. The quantitative estimate of drug-likeness (QED) is 0.605. The molecular weight excluding hydrogens is 408 g/mol. The summed E-state index contributed by atoms with van der Waals surface area (Å²) in [5.41, 5.74) is -0.428. The molecule has 2 N–H and O–H groups in total. The van der Waals surface area contributed by atoms with Gasteiger partial charge in [0.15, 0.2) is 0 Å². The molecule has 0 saturated heterocycles. The maximum Gasteiger partial charge on any atom is 0.321 e. The second kappa shape index (κ2) is 7.87. The topological polar surface area (TPSA) is 97.1 Å². The number of hydrogen-bond donors (Lipinski definition) is 2. The SMILES string of the molecule is CC(C)(C)NC(=O)NC(=O)CSc1nnc(-c2sc3ccccc3c2Cl)o1. The van der Waals surface area contributed by atoms with Gasteiger partial charge in [0, 0.05) is 15.6 Å². The molecule has 0 bridgehead atoms. The fraction of sp³-hybridized carbons (Fsp3) is 0.294. The fourth-order valence-corrected chi connectivity index (χ4v) is 4.17. The minimum atomic E-state index is -0.545. The van der Waals surface area contributed by atoms with Gasteiger partial charge in [0.2, 0.25) is 5.91 Å². The predicted octanol–water partition coefficient (Wildman–Crippen LogP) is 4.32. The number of benzene rings is 1. The number of aromatic nitrogens is 2. The molecule has 3 aromatic rings. The lowest BCUT2D eigenvalue weighted by Crippen LogP contribution is -2.48. The van der Waals surface area contributed by atoms with Crippen LogP contribution in [0.15, 0.2) is 33.9 Å². The summed E-state index contributed by atoms with van der Waals surface area (Å²) in [6.45, 7) is 5.47. The van der Waals surface area contributed by atoms with E-state index < -0.39 is 17.5 Å². The normalized spacial score (nSPS) is 11.6. The minimum Gasteiger partial charge on any atom is -0.410 e. The molecule has 2 heterocycles. The summed E-state index contributed by atoms with van der Waals surface area (Å²) >= 11 is 8.91. The van der Waals surface area contributed by atoms with Crippen LogP contribution in [0.3, 0.4) is 0 Å². The lowest BCUT2D eigenvalue weighted by molar-refractivity contribution is -0.117. The molecule has 10 heteroatoms. The maximum atomic E-state index is 11.9. The highest BCUT2D eigenvalue weighted by Gasteiger charge is 2.19. The van der Waals surface area contributed by atoms with Gasteiger partial charge in [0.05, 0.1) is 10.8 Å². The van der Waals surface area contributed by atoms with Gasteiger partial charge in [-0.15, -0.1) is 21.5 Å². The number of thioether (sulfide) groups is 1. The third-order valence-corrected chi connectivity index (χ3v) is 5.69. The minimum absolute atomic E-state index is 0.0284. The molecule has 142 valence electrons. The van der Waals surface area contributed by atoms with Crippen LogP contribution in [0.4, 0.5) is 4.79 Å². The van der Waals surface area contributed by atoms with Crippen molar-refractivity contribution in [3.05, 3.63) is 29.3 Å². The van der Waals surface area contributed by atoms with Crippen LogP contribution in [0.2, 0.25) is 5.02 Å². The van der Waals surface area contributed by atoms with Gasteiger partial charge in [-0.05, 0) is 26.8 Å². The Bertz CT molecular complexity index is 994. The summed E-state index contributed by atoms with van der Waals surface area (Å²) < 4.78 is 6.62. The number of fused-ring (bicyclic) bond motifs is 1. The number of rotatable bonds is 4. The number of nitrogens with one attached hydrogen (secondary N) is 2. The van der Waals surface area contributed by atoms with Crippen LogP contribution in [0, 0.1) is 0 Å². The monoisotopic (exact) mass is 424 g/mol. The van der Waals surface area contributed by atoms with Crippen molar-refractivity contribution in [3.8, 4) is 10.8 Å². The summed E-state index contributed by atoms with van der Waals surface area (Å²) in [4.78, 5) is 24.2. The molecule has 0 aliphatic carbocycles. The molecule has 3 amide bonds. The van der Waals surface area contributed by atoms with Crippen molar-refractivity contribution in [1.29, 1.82) is 0 Å². The Morgan fingerprint density at radius 3 is 2.70 bits per heavy atom. The van der Waals surface area contributed by atoms with Crippen LogP contribution < -0.4 is 10.6 Å². The zero-order valence-electron chi connectivity index (χ0n) is 14.8. The number of imide groups is 1. The molecule has 0 spiro atoms. The largest absolute Gasteiger partial charge is 0.410 e. The van der Waals surface area contributed by atoms with Crippen molar-refractivity contribution >= 4 is 56.7 Å². The Hall–Kier alpha value is -2.10. The maximum absolute atomic E-state index is 11.9. The van der Waals surface area contributed by atoms with E-state index in [4.69, 9.17) is 16.0 Å². The fourth-order valence-electron chi connectivity index (χ4n) is 2.17. The highest BCUT2D eigenvalue weighted by Crippen LogP contribution is 2.41. The van der Waals surface area contributed by atoms with Crippen LogP contribution in [0.25, 0.3) is 20.9 Å². The molecule has 3 rings (SSSR count). The molecule has 2 aromatic heterocycles. The molecular formula is C17H17ClN4O3S2. The standard InChI is InChI=1S/C17H17ClN4O3S2/c1-17(2,3)20-15(24)19-11(23)8-26-16-22-21-14(25-16)13-12(18)9-6-4-5-7-10(9)27-13/h4-7H,8H2,1-3H3,(H2,19,20,23,24). The van der Waals surface area contributed by atoms with Crippen molar-refractivity contribution in [2.75, 3.05) is 5.75 Å². The van der Waals surface area contributed by atoms with Gasteiger partial charge in [0.1, 0.15) is 4.88 Å². The Balaban J connectivity index is 1.62. The third kappa shape index (κ3) is 5.00. The van der Waals surface area contributed by atoms with Crippen molar-refractivity contribution in [2.45, 2.75) is 31.5 Å². The van der Waals surface area contributed by atoms with E-state index >= 15 is 0 Å². The van der Waals surface area contributed by atoms with Crippen LogP contribution in [-0.2, 0) is 4.79 Å². The first-order valence-corrected chi connectivity index (χ1v) is 10.2. The van der Waals surface area contributed by atoms with E-state index in [1.165, 1.54) is 11.3 Å². The second-order valence-corrected chi connectivity index (χ2v) is 9.01. The van der Waals surface area contributed by atoms with Gasteiger partial charge in [0.25, 0.3) is 11.1 Å². The first kappa shape index (κ1) is 19.7. The number of carbonyl (C=O) groups is 2. The number of carbonyl (C=O) groups excluding carboxylic acids is 2. The van der Waals surface area contributed by atoms with Crippen LogP contribution in [-0.4, -0.2) is 33.4 Å². The number of amides is 3. The predicted molar refractivity (Wildman–Crippen MR) is 107 cm³/mol. The molecule has 1 aromatic carbocycles. The lowest BCUT2D eigenvalue weighted by Gasteiger charge is -2.20. The summed E-state index contributed by atoms with van der Waals surface area (Å²) in [5, 5.41) is 14.6. The van der Waals surface area contributed by atoms with Crippen LogP contribution in [0.1, 0.15) is 20.8 Å². The second-order valence-electron chi connectivity index (χ2n) is 6.66. The van der Waals surface area contributed by atoms with E-state index in [1.54, 1.807) is 0 Å². The van der Waals surface area contributed by atoms with Crippen molar-refractivity contribution in [3.63, 3.8) is 0 Å². The zero-order chi connectivity index (χ0) is 19.6. The molecule has 0 radical (unpaired) electrons. The number of hydrogen-bond acceptors (Lipinski definition) is 7. The first-order chi connectivity index (χ1) is 12.7. The number of halogens is 1. The number of nitrogens with zero attached hydrogens (tertiary/aromatic N) is 2. The van der Waals surface area contributed by atoms with Crippen molar-refractivity contribution in [1.82, 2.24) is 20.8 Å². The van der Waals surface area contributed by atoms with E-state index in [2.05, 4.69) is 20.8 Å². The van der Waals surface area contributed by atoms with Gasteiger partial charge in [-0.1, -0.05) is 41.6 Å². The Kier molecular flexibility index (Phi) is 5.73. The molecule has 7 nitrogen and oxygen atoms in total. The Morgan fingerprint density at radius 1 is 1.26 bits per heavy atom. The van der Waals surface area contributed by atoms with E-state index in [9.17, 15) is 9.59 Å². The number of thiophene rings is 1. The average molecular weight is 425 g/mol. The van der Waals surface area contributed by atoms with Crippen LogP contribution in [0.5, 0.6) is 0 Å². The summed E-state index contributed by atoms with van der Waals surface area (Å²) in [6, 6.07) is 7.19. The molecule has 0 atom stereocenters. The molecule has 0 fully saturated rings. The third-order valence-electron chi connectivity index (χ3n) is 3.20. The number of urea groups is 1. The Morgan fingerprint density at radius 2 is 2.00 bits per heavy atom. The van der Waals surface area contributed by atoms with Crippen molar-refractivity contribution < 1.29 is 14.0 Å². The molecule has 0 aliphatic heterocycles. The lowest BCUT2D eigenvalue weighted by atomic mass is 10.1. The van der Waals surface area contributed by atoms with Gasteiger partial charge in [-0.3, -0.25) is 10.1 Å². The molecule has 0 unspecified atom stereocenters. The van der Waals surface area contributed by atoms with Gasteiger partial charge < -0.3 is 9.73 Å². The smallest absolute Gasteiger partial charge is 0.321 e. The highest BCUT2D eigenvalue weighted by molar-refractivity contribution is 7.99.